The number of ether oxygens (including phenoxy) is 1. The lowest BCUT2D eigenvalue weighted by molar-refractivity contribution is 0.162. The zero-order chi connectivity index (χ0) is 10.8. The van der Waals surface area contributed by atoms with Gasteiger partial charge in [0.15, 0.2) is 0 Å². The van der Waals surface area contributed by atoms with Gasteiger partial charge in [-0.1, -0.05) is 0 Å². The van der Waals surface area contributed by atoms with Crippen molar-refractivity contribution >= 4 is 23.3 Å². The van der Waals surface area contributed by atoms with Crippen LogP contribution in [0, 0.1) is 0 Å². The van der Waals surface area contributed by atoms with Crippen LogP contribution in [0.3, 0.4) is 0 Å². The molecule has 2 heterocycles. The molecule has 1 aliphatic rings. The van der Waals surface area contributed by atoms with E-state index in [0.29, 0.717) is 6.10 Å². The van der Waals surface area contributed by atoms with Gasteiger partial charge in [0.25, 0.3) is 0 Å². The van der Waals surface area contributed by atoms with Crippen LogP contribution in [0.2, 0.25) is 0 Å². The number of nitrogens with one attached hydrogen (secondary N) is 2. The molecule has 0 aliphatic carbocycles. The molecule has 92 valence electrons. The molecule has 2 aromatic rings. The minimum Gasteiger partial charge on any atom is -0.490 e. The summed E-state index contributed by atoms with van der Waals surface area (Å²) in [5.41, 5.74) is 1.05. The molecular formula is C12H16ClN3O. The number of piperidine rings is 1. The quantitative estimate of drug-likeness (QED) is 0.862. The summed E-state index contributed by atoms with van der Waals surface area (Å²) in [5, 5.41) is 11.4. The van der Waals surface area contributed by atoms with Crippen LogP contribution in [0.1, 0.15) is 12.8 Å². The first-order valence-corrected chi connectivity index (χ1v) is 5.72. The highest BCUT2D eigenvalue weighted by Crippen LogP contribution is 2.21. The van der Waals surface area contributed by atoms with E-state index >= 15 is 0 Å². The summed E-state index contributed by atoms with van der Waals surface area (Å²) in [4.78, 5) is 0. The van der Waals surface area contributed by atoms with Crippen LogP contribution in [-0.2, 0) is 0 Å². The zero-order valence-electron chi connectivity index (χ0n) is 9.48. The molecule has 1 fully saturated rings. The minimum atomic E-state index is 0. The van der Waals surface area contributed by atoms with E-state index in [0.717, 1.165) is 42.6 Å². The molecule has 5 heteroatoms. The van der Waals surface area contributed by atoms with Crippen LogP contribution in [0.25, 0.3) is 10.9 Å². The molecule has 1 aromatic carbocycles. The van der Waals surface area contributed by atoms with Crippen LogP contribution in [0.5, 0.6) is 5.75 Å². The van der Waals surface area contributed by atoms with E-state index in [4.69, 9.17) is 4.74 Å². The maximum Gasteiger partial charge on any atom is 0.120 e. The molecule has 0 radical (unpaired) electrons. The highest BCUT2D eigenvalue weighted by Gasteiger charge is 2.14. The van der Waals surface area contributed by atoms with Crippen molar-refractivity contribution in [3.8, 4) is 5.75 Å². The van der Waals surface area contributed by atoms with Gasteiger partial charge in [-0.25, -0.2) is 0 Å². The molecule has 0 unspecified atom stereocenters. The van der Waals surface area contributed by atoms with Gasteiger partial charge in [0.05, 0.1) is 11.7 Å². The second-order valence-electron chi connectivity index (χ2n) is 4.19. The summed E-state index contributed by atoms with van der Waals surface area (Å²) in [6, 6.07) is 6.06. The first-order chi connectivity index (χ1) is 7.92. The maximum atomic E-state index is 5.95. The van der Waals surface area contributed by atoms with Crippen molar-refractivity contribution < 1.29 is 4.74 Å². The monoisotopic (exact) mass is 253 g/mol. The number of aromatic nitrogens is 2. The number of hydrogen-bond acceptors (Lipinski definition) is 3. The summed E-state index contributed by atoms with van der Waals surface area (Å²) in [6.07, 6.45) is 4.35. The Bertz CT molecular complexity index is 479. The van der Waals surface area contributed by atoms with Crippen molar-refractivity contribution in [2.45, 2.75) is 18.9 Å². The van der Waals surface area contributed by atoms with Gasteiger partial charge in [-0.05, 0) is 44.1 Å². The smallest absolute Gasteiger partial charge is 0.120 e. The second kappa shape index (κ2) is 5.38. The lowest BCUT2D eigenvalue weighted by Crippen LogP contribution is -2.34. The van der Waals surface area contributed by atoms with Gasteiger partial charge in [0.1, 0.15) is 11.9 Å². The second-order valence-corrected chi connectivity index (χ2v) is 4.19. The Morgan fingerprint density at radius 2 is 2.06 bits per heavy atom. The van der Waals surface area contributed by atoms with Gasteiger partial charge in [0, 0.05) is 5.39 Å². The van der Waals surface area contributed by atoms with E-state index < -0.39 is 0 Å². The lowest BCUT2D eigenvalue weighted by Gasteiger charge is -2.23. The number of rotatable bonds is 2. The molecule has 17 heavy (non-hydrogen) atoms. The first-order valence-electron chi connectivity index (χ1n) is 5.72. The van der Waals surface area contributed by atoms with Crippen LogP contribution in [0.4, 0.5) is 0 Å². The molecule has 1 aromatic heterocycles. The number of halogens is 1. The van der Waals surface area contributed by atoms with Gasteiger partial charge in [-0.3, -0.25) is 5.10 Å². The van der Waals surface area contributed by atoms with Crippen molar-refractivity contribution in [3.05, 3.63) is 24.4 Å². The number of fused-ring (bicyclic) bond motifs is 1. The number of H-pyrrole nitrogens is 1. The van der Waals surface area contributed by atoms with Crippen molar-refractivity contribution in [2.75, 3.05) is 13.1 Å². The third-order valence-corrected chi connectivity index (χ3v) is 3.00. The molecule has 1 saturated heterocycles. The predicted octanol–water partition coefficient (Wildman–Crippen LogP) is 2.12. The number of benzene rings is 1. The molecule has 3 rings (SSSR count). The molecule has 1 aliphatic heterocycles. The van der Waals surface area contributed by atoms with Crippen LogP contribution < -0.4 is 10.1 Å². The molecule has 0 bridgehead atoms. The highest BCUT2D eigenvalue weighted by atomic mass is 35.5. The number of nitrogens with zero attached hydrogens (tertiary/aromatic N) is 1. The van der Waals surface area contributed by atoms with E-state index in [1.54, 1.807) is 0 Å². The summed E-state index contributed by atoms with van der Waals surface area (Å²) in [7, 11) is 0. The summed E-state index contributed by atoms with van der Waals surface area (Å²) < 4.78 is 5.95. The first kappa shape index (κ1) is 12.2. The summed E-state index contributed by atoms with van der Waals surface area (Å²) in [5.74, 6) is 0.945. The van der Waals surface area contributed by atoms with E-state index in [-0.39, 0.29) is 12.4 Å². The molecule has 0 spiro atoms. The largest absolute Gasteiger partial charge is 0.490 e. The Balaban J connectivity index is 0.00000108. The fourth-order valence-electron chi connectivity index (χ4n) is 2.10. The molecule has 0 atom stereocenters. The van der Waals surface area contributed by atoms with Crippen molar-refractivity contribution in [3.63, 3.8) is 0 Å². The van der Waals surface area contributed by atoms with Gasteiger partial charge < -0.3 is 10.1 Å². The lowest BCUT2D eigenvalue weighted by atomic mass is 10.1. The maximum absolute atomic E-state index is 5.95. The fraction of sp³-hybridized carbons (Fsp3) is 0.417. The third kappa shape index (κ3) is 2.70. The Kier molecular flexibility index (Phi) is 3.86. The summed E-state index contributed by atoms with van der Waals surface area (Å²) in [6.45, 7) is 2.11. The Hall–Kier alpha value is -1.26. The van der Waals surface area contributed by atoms with E-state index in [1.165, 1.54) is 0 Å². The number of aromatic amines is 1. The normalized spacial score (nSPS) is 16.7. The molecule has 4 nitrogen and oxygen atoms in total. The van der Waals surface area contributed by atoms with Crippen LogP contribution >= 0.6 is 12.4 Å². The Morgan fingerprint density at radius 3 is 2.88 bits per heavy atom. The number of hydrogen-bond donors (Lipinski definition) is 2. The Labute approximate surface area is 106 Å². The zero-order valence-corrected chi connectivity index (χ0v) is 10.3. The van der Waals surface area contributed by atoms with Crippen LogP contribution in [-0.4, -0.2) is 29.4 Å². The predicted molar refractivity (Wildman–Crippen MR) is 69.9 cm³/mol. The fourth-order valence-corrected chi connectivity index (χ4v) is 2.10. The van der Waals surface area contributed by atoms with Gasteiger partial charge in [-0.15, -0.1) is 12.4 Å². The standard InChI is InChI=1S/C12H15N3O.ClH/c1-2-12-9(8-14-15-12)7-11(1)16-10-3-5-13-6-4-10;/h1-2,7-8,10,13H,3-6H2,(H,14,15);1H. The van der Waals surface area contributed by atoms with Crippen molar-refractivity contribution in [1.82, 2.24) is 15.5 Å². The molecule has 2 N–H and O–H groups in total. The molecule has 0 amide bonds. The molecule has 0 saturated carbocycles. The van der Waals surface area contributed by atoms with E-state index in [2.05, 4.69) is 15.5 Å². The Morgan fingerprint density at radius 1 is 1.24 bits per heavy atom. The molecular weight excluding hydrogens is 238 g/mol. The van der Waals surface area contributed by atoms with Gasteiger partial charge in [-0.2, -0.15) is 5.10 Å². The van der Waals surface area contributed by atoms with E-state index in [1.807, 2.05) is 24.4 Å². The summed E-state index contributed by atoms with van der Waals surface area (Å²) >= 11 is 0. The third-order valence-electron chi connectivity index (χ3n) is 3.00. The minimum absolute atomic E-state index is 0. The highest BCUT2D eigenvalue weighted by molar-refractivity contribution is 5.85. The van der Waals surface area contributed by atoms with Gasteiger partial charge >= 0.3 is 0 Å². The topological polar surface area (TPSA) is 49.9 Å². The average molecular weight is 254 g/mol. The van der Waals surface area contributed by atoms with Crippen molar-refractivity contribution in [1.29, 1.82) is 0 Å². The average Bonchev–Trinajstić information content (AvgIpc) is 2.77. The van der Waals surface area contributed by atoms with Gasteiger partial charge in [0.2, 0.25) is 0 Å². The van der Waals surface area contributed by atoms with Crippen LogP contribution in [0.15, 0.2) is 24.4 Å². The van der Waals surface area contributed by atoms with E-state index in [9.17, 15) is 0 Å². The van der Waals surface area contributed by atoms with Crippen molar-refractivity contribution in [2.24, 2.45) is 0 Å². The SMILES string of the molecule is Cl.c1cc2[nH]ncc2cc1OC1CCNCC1.